The fraction of sp³-hybridized carbons (Fsp3) is 0.217. The number of methoxy groups -OCH3 is 2. The van der Waals surface area contributed by atoms with Crippen LogP contribution in [-0.4, -0.2) is 46.8 Å². The van der Waals surface area contributed by atoms with Gasteiger partial charge in [-0.3, -0.25) is 9.59 Å². The Morgan fingerprint density at radius 1 is 1.12 bits per heavy atom. The number of hydrogen-bond acceptors (Lipinski definition) is 6. The van der Waals surface area contributed by atoms with Crippen LogP contribution >= 0.6 is 0 Å². The molecule has 2 N–H and O–H groups in total. The fourth-order valence-corrected chi connectivity index (χ4v) is 3.90. The molecule has 0 saturated carbocycles. The van der Waals surface area contributed by atoms with Gasteiger partial charge in [-0.25, -0.2) is 9.48 Å². The lowest BCUT2D eigenvalue weighted by Crippen LogP contribution is -2.28. The summed E-state index contributed by atoms with van der Waals surface area (Å²) in [5.41, 5.74) is 2.21. The summed E-state index contributed by atoms with van der Waals surface area (Å²) in [6, 6.07) is 11.0. The normalized spacial score (nSPS) is 15.0. The number of nitrogens with one attached hydrogen (secondary N) is 1. The zero-order chi connectivity index (χ0) is 23.0. The SMILES string of the molecule is COc1ccc(OC)c(C(=O)C2CC(=O)Nc3c2c(C)nn3-c2ccc(C(=O)O)cc2)c1. The Balaban J connectivity index is 1.80. The molecule has 164 valence electrons. The first-order valence-corrected chi connectivity index (χ1v) is 9.83. The summed E-state index contributed by atoms with van der Waals surface area (Å²) in [7, 11) is 2.98. The van der Waals surface area contributed by atoms with E-state index >= 15 is 0 Å². The van der Waals surface area contributed by atoms with Crippen LogP contribution in [0.15, 0.2) is 42.5 Å². The Hall–Kier alpha value is -4.14. The number of carboxylic acids is 1. The number of aromatic carboxylic acids is 1. The molecule has 0 saturated heterocycles. The molecule has 0 fully saturated rings. The molecule has 0 radical (unpaired) electrons. The molecule has 0 spiro atoms. The second kappa shape index (κ2) is 8.18. The van der Waals surface area contributed by atoms with Crippen LogP contribution in [-0.2, 0) is 4.79 Å². The highest BCUT2D eigenvalue weighted by Gasteiger charge is 2.37. The van der Waals surface area contributed by atoms with E-state index in [1.54, 1.807) is 37.3 Å². The molecule has 1 unspecified atom stereocenters. The minimum absolute atomic E-state index is 0.0311. The van der Waals surface area contributed by atoms with E-state index < -0.39 is 11.9 Å². The molecule has 9 nitrogen and oxygen atoms in total. The van der Waals surface area contributed by atoms with E-state index in [1.807, 2.05) is 0 Å². The monoisotopic (exact) mass is 435 g/mol. The van der Waals surface area contributed by atoms with Gasteiger partial charge in [0.25, 0.3) is 0 Å². The van der Waals surface area contributed by atoms with Gasteiger partial charge in [0, 0.05) is 12.0 Å². The lowest BCUT2D eigenvalue weighted by Gasteiger charge is -2.24. The van der Waals surface area contributed by atoms with Gasteiger partial charge in [-0.05, 0) is 49.4 Å². The van der Waals surface area contributed by atoms with Crippen molar-refractivity contribution in [1.82, 2.24) is 9.78 Å². The van der Waals surface area contributed by atoms with Gasteiger partial charge in [0.15, 0.2) is 5.78 Å². The summed E-state index contributed by atoms with van der Waals surface area (Å²) in [5, 5.41) is 16.5. The smallest absolute Gasteiger partial charge is 0.335 e. The van der Waals surface area contributed by atoms with Crippen molar-refractivity contribution < 1.29 is 29.0 Å². The highest BCUT2D eigenvalue weighted by Crippen LogP contribution is 2.40. The van der Waals surface area contributed by atoms with Gasteiger partial charge in [0.1, 0.15) is 17.3 Å². The topological polar surface area (TPSA) is 120 Å². The largest absolute Gasteiger partial charge is 0.497 e. The molecule has 2 aromatic carbocycles. The minimum Gasteiger partial charge on any atom is -0.497 e. The second-order valence-electron chi connectivity index (χ2n) is 7.35. The summed E-state index contributed by atoms with van der Waals surface area (Å²) in [6.45, 7) is 1.77. The Bertz CT molecular complexity index is 1230. The first-order valence-electron chi connectivity index (χ1n) is 9.83. The van der Waals surface area contributed by atoms with Gasteiger partial charge in [-0.1, -0.05) is 0 Å². The van der Waals surface area contributed by atoms with Crippen LogP contribution in [0, 0.1) is 6.92 Å². The predicted octanol–water partition coefficient (Wildman–Crippen LogP) is 3.20. The molecular formula is C23H21N3O6. The zero-order valence-corrected chi connectivity index (χ0v) is 17.7. The van der Waals surface area contributed by atoms with Crippen molar-refractivity contribution in [3.63, 3.8) is 0 Å². The number of carbonyl (C=O) groups excluding carboxylic acids is 2. The number of benzene rings is 2. The number of aryl methyl sites for hydroxylation is 1. The maximum atomic E-state index is 13.6. The Morgan fingerprint density at radius 3 is 2.47 bits per heavy atom. The Labute approximate surface area is 183 Å². The average Bonchev–Trinajstić information content (AvgIpc) is 3.13. The van der Waals surface area contributed by atoms with Crippen LogP contribution in [0.3, 0.4) is 0 Å². The number of rotatable bonds is 6. The van der Waals surface area contributed by atoms with Crippen LogP contribution in [0.1, 0.15) is 44.3 Å². The molecule has 3 aromatic rings. The first-order chi connectivity index (χ1) is 15.3. The molecule has 1 amide bonds. The maximum absolute atomic E-state index is 13.6. The molecule has 4 rings (SSSR count). The van der Waals surface area contributed by atoms with E-state index in [0.717, 1.165) is 0 Å². The summed E-state index contributed by atoms with van der Waals surface area (Å²) < 4.78 is 12.1. The van der Waals surface area contributed by atoms with Crippen LogP contribution in [0.4, 0.5) is 5.82 Å². The average molecular weight is 435 g/mol. The lowest BCUT2D eigenvalue weighted by molar-refractivity contribution is -0.116. The molecule has 32 heavy (non-hydrogen) atoms. The van der Waals surface area contributed by atoms with E-state index in [9.17, 15) is 14.4 Å². The van der Waals surface area contributed by atoms with Crippen molar-refractivity contribution in [1.29, 1.82) is 0 Å². The second-order valence-corrected chi connectivity index (χ2v) is 7.35. The van der Waals surface area contributed by atoms with Crippen molar-refractivity contribution in [2.75, 3.05) is 19.5 Å². The molecule has 0 aliphatic carbocycles. The number of ether oxygens (including phenoxy) is 2. The number of nitrogens with zero attached hydrogens (tertiary/aromatic N) is 2. The van der Waals surface area contributed by atoms with E-state index in [4.69, 9.17) is 14.6 Å². The molecule has 1 aliphatic rings. The van der Waals surface area contributed by atoms with Crippen LogP contribution in [0.5, 0.6) is 11.5 Å². The molecule has 1 atom stereocenters. The standard InChI is InChI=1S/C23H21N3O6/c1-12-20-17(21(28)16-10-15(31-2)8-9-18(16)32-3)11-19(27)24-22(20)26(25-12)14-6-4-13(5-7-14)23(29)30/h4-10,17H,11H2,1-3H3,(H,24,27)(H,29,30). The third-order valence-electron chi connectivity index (χ3n) is 5.45. The van der Waals surface area contributed by atoms with Crippen LogP contribution in [0.2, 0.25) is 0 Å². The molecule has 0 bridgehead atoms. The zero-order valence-electron chi connectivity index (χ0n) is 17.7. The Kier molecular flexibility index (Phi) is 5.40. The highest BCUT2D eigenvalue weighted by molar-refractivity contribution is 6.09. The highest BCUT2D eigenvalue weighted by atomic mass is 16.5. The molecule has 1 aromatic heterocycles. The van der Waals surface area contributed by atoms with Gasteiger partial charge in [-0.2, -0.15) is 5.10 Å². The summed E-state index contributed by atoms with van der Waals surface area (Å²) in [5.74, 6) is -1.12. The van der Waals surface area contributed by atoms with Crippen molar-refractivity contribution >= 4 is 23.5 Å². The van der Waals surface area contributed by atoms with Gasteiger partial charge >= 0.3 is 5.97 Å². The summed E-state index contributed by atoms with van der Waals surface area (Å²) in [6.07, 6.45) is -0.0311. The van der Waals surface area contributed by atoms with Gasteiger partial charge in [0.2, 0.25) is 5.91 Å². The third kappa shape index (κ3) is 3.58. The predicted molar refractivity (Wildman–Crippen MR) is 115 cm³/mol. The van der Waals surface area contributed by atoms with E-state index in [-0.39, 0.29) is 23.7 Å². The molecule has 1 aliphatic heterocycles. The van der Waals surface area contributed by atoms with E-state index in [1.165, 1.54) is 31.0 Å². The van der Waals surface area contributed by atoms with Crippen molar-refractivity contribution in [3.05, 3.63) is 64.8 Å². The number of hydrogen-bond donors (Lipinski definition) is 2. The van der Waals surface area contributed by atoms with Crippen molar-refractivity contribution in [2.24, 2.45) is 0 Å². The van der Waals surface area contributed by atoms with Crippen molar-refractivity contribution in [2.45, 2.75) is 19.3 Å². The Morgan fingerprint density at radius 2 is 1.84 bits per heavy atom. The molecule has 2 heterocycles. The summed E-state index contributed by atoms with van der Waals surface area (Å²) in [4.78, 5) is 37.2. The molecular weight excluding hydrogens is 414 g/mol. The number of amides is 1. The number of fused-ring (bicyclic) bond motifs is 1. The van der Waals surface area contributed by atoms with Crippen molar-refractivity contribution in [3.8, 4) is 17.2 Å². The van der Waals surface area contributed by atoms with Gasteiger partial charge in [0.05, 0.1) is 42.6 Å². The fourth-order valence-electron chi connectivity index (χ4n) is 3.90. The quantitative estimate of drug-likeness (QED) is 0.571. The number of Topliss-reactive ketones (excluding diaryl/α,β-unsaturated/α-hetero) is 1. The number of carboxylic acid groups (broad SMARTS) is 1. The summed E-state index contributed by atoms with van der Waals surface area (Å²) >= 11 is 0. The van der Waals surface area contributed by atoms with Gasteiger partial charge < -0.3 is 19.9 Å². The minimum atomic E-state index is -1.04. The number of anilines is 1. The van der Waals surface area contributed by atoms with Crippen LogP contribution in [0.25, 0.3) is 5.69 Å². The number of aromatic nitrogens is 2. The van der Waals surface area contributed by atoms with E-state index in [0.29, 0.717) is 39.8 Å². The number of ketones is 1. The maximum Gasteiger partial charge on any atom is 0.335 e. The van der Waals surface area contributed by atoms with E-state index in [2.05, 4.69) is 10.4 Å². The third-order valence-corrected chi connectivity index (χ3v) is 5.45. The first kappa shape index (κ1) is 21.1. The van der Waals surface area contributed by atoms with Gasteiger partial charge in [-0.15, -0.1) is 0 Å². The molecule has 9 heteroatoms. The number of carbonyl (C=O) groups is 3. The van der Waals surface area contributed by atoms with Crippen LogP contribution < -0.4 is 14.8 Å². The lowest BCUT2D eigenvalue weighted by atomic mass is 9.85.